The van der Waals surface area contributed by atoms with Crippen LogP contribution in [0.1, 0.15) is 84.5 Å². The zero-order valence-electron chi connectivity index (χ0n) is 14.7. The molecule has 4 aliphatic heterocycles. The molecule has 4 nitrogen and oxygen atoms in total. The quantitative estimate of drug-likeness (QED) is 0.682. The molecule has 4 aliphatic rings. The maximum Gasteiger partial charge on any atom is 0.169 e. The van der Waals surface area contributed by atoms with Crippen molar-refractivity contribution in [3.05, 3.63) is 0 Å². The standard InChI is InChI=1S/C19H32O4/c1-14-16-8-6-12-18(20-14,22-16)10-4-3-5-11-19-13-7-9-17(23-19)15(2)21-19/h14-17H,3-13H2,1-2H3. The van der Waals surface area contributed by atoms with Gasteiger partial charge in [0.05, 0.1) is 24.4 Å². The molecule has 23 heavy (non-hydrogen) atoms. The second-order valence-electron chi connectivity index (χ2n) is 8.13. The van der Waals surface area contributed by atoms with Crippen molar-refractivity contribution in [3.8, 4) is 0 Å². The molecular weight excluding hydrogens is 292 g/mol. The molecule has 0 radical (unpaired) electrons. The highest BCUT2D eigenvalue weighted by molar-refractivity contribution is 4.90. The minimum absolute atomic E-state index is 0.259. The van der Waals surface area contributed by atoms with Gasteiger partial charge in [0, 0.05) is 25.7 Å². The van der Waals surface area contributed by atoms with Gasteiger partial charge < -0.3 is 18.9 Å². The van der Waals surface area contributed by atoms with Gasteiger partial charge in [-0.25, -0.2) is 0 Å². The third-order valence-electron chi connectivity index (χ3n) is 6.29. The first-order chi connectivity index (χ1) is 11.1. The van der Waals surface area contributed by atoms with Gasteiger partial charge in [0.15, 0.2) is 11.6 Å². The van der Waals surface area contributed by atoms with E-state index >= 15 is 0 Å². The van der Waals surface area contributed by atoms with E-state index in [-0.39, 0.29) is 23.8 Å². The molecule has 6 atom stereocenters. The molecule has 0 saturated carbocycles. The van der Waals surface area contributed by atoms with Crippen molar-refractivity contribution in [1.29, 1.82) is 0 Å². The molecule has 0 N–H and O–H groups in total. The number of hydrogen-bond donors (Lipinski definition) is 0. The van der Waals surface area contributed by atoms with Crippen molar-refractivity contribution in [2.45, 2.75) is 120 Å². The van der Waals surface area contributed by atoms with Crippen LogP contribution in [-0.4, -0.2) is 36.0 Å². The fraction of sp³-hybridized carbons (Fsp3) is 1.00. The number of unbranched alkanes of at least 4 members (excludes halogenated alkanes) is 2. The van der Waals surface area contributed by atoms with Gasteiger partial charge in [-0.15, -0.1) is 0 Å². The molecule has 4 rings (SSSR count). The first-order valence-electron chi connectivity index (χ1n) is 9.81. The molecule has 0 amide bonds. The van der Waals surface area contributed by atoms with Crippen molar-refractivity contribution < 1.29 is 18.9 Å². The van der Waals surface area contributed by atoms with Crippen LogP contribution in [0.5, 0.6) is 0 Å². The molecule has 0 aromatic heterocycles. The summed E-state index contributed by atoms with van der Waals surface area (Å²) >= 11 is 0. The fourth-order valence-corrected chi connectivity index (χ4v) is 5.05. The molecule has 4 saturated heterocycles. The van der Waals surface area contributed by atoms with Gasteiger partial charge in [0.25, 0.3) is 0 Å². The maximum absolute atomic E-state index is 6.18. The van der Waals surface area contributed by atoms with E-state index in [9.17, 15) is 0 Å². The number of hydrogen-bond acceptors (Lipinski definition) is 4. The minimum atomic E-state index is -0.259. The lowest BCUT2D eigenvalue weighted by Gasteiger charge is -2.32. The summed E-state index contributed by atoms with van der Waals surface area (Å²) in [5.41, 5.74) is 0. The highest BCUT2D eigenvalue weighted by Crippen LogP contribution is 2.44. The first-order valence-corrected chi connectivity index (χ1v) is 9.81. The lowest BCUT2D eigenvalue weighted by Crippen LogP contribution is -2.34. The topological polar surface area (TPSA) is 36.9 Å². The van der Waals surface area contributed by atoms with E-state index in [0.29, 0.717) is 12.2 Å². The Labute approximate surface area is 140 Å². The van der Waals surface area contributed by atoms with E-state index in [2.05, 4.69) is 13.8 Å². The lowest BCUT2D eigenvalue weighted by molar-refractivity contribution is -0.200. The van der Waals surface area contributed by atoms with Gasteiger partial charge in [0.1, 0.15) is 0 Å². The van der Waals surface area contributed by atoms with E-state index in [1.165, 1.54) is 44.9 Å². The Hall–Kier alpha value is -0.160. The number of rotatable bonds is 6. The van der Waals surface area contributed by atoms with Gasteiger partial charge in [-0.1, -0.05) is 6.42 Å². The van der Waals surface area contributed by atoms with Crippen LogP contribution in [0.25, 0.3) is 0 Å². The highest BCUT2D eigenvalue weighted by atomic mass is 16.8. The minimum Gasteiger partial charge on any atom is -0.344 e. The van der Waals surface area contributed by atoms with E-state index in [1.54, 1.807) is 0 Å². The van der Waals surface area contributed by atoms with Crippen LogP contribution in [0, 0.1) is 0 Å². The normalized spacial score (nSPS) is 48.8. The summed E-state index contributed by atoms with van der Waals surface area (Å²) in [4.78, 5) is 0. The van der Waals surface area contributed by atoms with Gasteiger partial charge in [-0.3, -0.25) is 0 Å². The molecule has 4 fully saturated rings. The van der Waals surface area contributed by atoms with E-state index in [4.69, 9.17) is 18.9 Å². The molecule has 6 unspecified atom stereocenters. The molecule has 4 heteroatoms. The first kappa shape index (κ1) is 16.3. The van der Waals surface area contributed by atoms with E-state index in [1.807, 2.05) is 0 Å². The number of fused-ring (bicyclic) bond motifs is 4. The van der Waals surface area contributed by atoms with Crippen LogP contribution in [0.4, 0.5) is 0 Å². The van der Waals surface area contributed by atoms with Crippen LogP contribution in [0.15, 0.2) is 0 Å². The predicted octanol–water partition coefficient (Wildman–Crippen LogP) is 4.31. The van der Waals surface area contributed by atoms with Crippen LogP contribution >= 0.6 is 0 Å². The number of ether oxygens (including phenoxy) is 4. The molecule has 4 bridgehead atoms. The molecule has 4 heterocycles. The fourth-order valence-electron chi connectivity index (χ4n) is 5.05. The average molecular weight is 324 g/mol. The van der Waals surface area contributed by atoms with E-state index < -0.39 is 0 Å². The zero-order chi connectivity index (χ0) is 15.9. The summed E-state index contributed by atoms with van der Waals surface area (Å²) in [7, 11) is 0. The average Bonchev–Trinajstić information content (AvgIpc) is 2.89. The second kappa shape index (κ2) is 6.29. The largest absolute Gasteiger partial charge is 0.344 e. The Morgan fingerprint density at radius 1 is 0.696 bits per heavy atom. The van der Waals surface area contributed by atoms with Crippen molar-refractivity contribution in [3.63, 3.8) is 0 Å². The van der Waals surface area contributed by atoms with Crippen molar-refractivity contribution in [2.75, 3.05) is 0 Å². The Bertz CT molecular complexity index is 382. The van der Waals surface area contributed by atoms with Crippen LogP contribution in [0.3, 0.4) is 0 Å². The molecular formula is C19H32O4. The summed E-state index contributed by atoms with van der Waals surface area (Å²) in [6.07, 6.45) is 13.8. The Kier molecular flexibility index (Phi) is 4.46. The van der Waals surface area contributed by atoms with Gasteiger partial charge >= 0.3 is 0 Å². The Morgan fingerprint density at radius 3 is 1.65 bits per heavy atom. The lowest BCUT2D eigenvalue weighted by atomic mass is 9.95. The van der Waals surface area contributed by atoms with E-state index in [0.717, 1.165) is 25.7 Å². The predicted molar refractivity (Wildman–Crippen MR) is 87.1 cm³/mol. The second-order valence-corrected chi connectivity index (χ2v) is 8.13. The highest BCUT2D eigenvalue weighted by Gasteiger charge is 2.49. The SMILES string of the molecule is CC1OC2(CCCCCC34CCCC(O3)C(C)O4)CCCC1O2. The molecule has 0 aliphatic carbocycles. The summed E-state index contributed by atoms with van der Waals surface area (Å²) in [5.74, 6) is -0.517. The van der Waals surface area contributed by atoms with Crippen LogP contribution in [-0.2, 0) is 18.9 Å². The van der Waals surface area contributed by atoms with Crippen molar-refractivity contribution >= 4 is 0 Å². The Balaban J connectivity index is 1.20. The van der Waals surface area contributed by atoms with Crippen molar-refractivity contribution in [1.82, 2.24) is 0 Å². The van der Waals surface area contributed by atoms with Gasteiger partial charge in [-0.05, 0) is 52.4 Å². The zero-order valence-corrected chi connectivity index (χ0v) is 14.7. The van der Waals surface area contributed by atoms with Crippen LogP contribution < -0.4 is 0 Å². The Morgan fingerprint density at radius 2 is 1.17 bits per heavy atom. The van der Waals surface area contributed by atoms with Gasteiger partial charge in [0.2, 0.25) is 0 Å². The summed E-state index contributed by atoms with van der Waals surface area (Å²) in [5, 5.41) is 0. The summed E-state index contributed by atoms with van der Waals surface area (Å²) in [6.45, 7) is 4.32. The third kappa shape index (κ3) is 3.20. The van der Waals surface area contributed by atoms with Crippen molar-refractivity contribution in [2.24, 2.45) is 0 Å². The van der Waals surface area contributed by atoms with Gasteiger partial charge in [-0.2, -0.15) is 0 Å². The molecule has 0 spiro atoms. The summed E-state index contributed by atoms with van der Waals surface area (Å²) in [6, 6.07) is 0. The van der Waals surface area contributed by atoms with Crippen LogP contribution in [0.2, 0.25) is 0 Å². The monoisotopic (exact) mass is 324 g/mol. The molecule has 0 aromatic rings. The maximum atomic E-state index is 6.18. The summed E-state index contributed by atoms with van der Waals surface area (Å²) < 4.78 is 24.7. The molecule has 132 valence electrons. The third-order valence-corrected chi connectivity index (χ3v) is 6.29. The molecule has 0 aromatic carbocycles. The smallest absolute Gasteiger partial charge is 0.169 e.